The smallest absolute Gasteiger partial charge is 0.244 e. The first-order valence-electron chi connectivity index (χ1n) is 5.79. The predicted molar refractivity (Wildman–Crippen MR) is 68.3 cm³/mol. The Labute approximate surface area is 106 Å². The number of hydrogen-bond donors (Lipinski definition) is 0. The minimum absolute atomic E-state index is 0.0226. The maximum absolute atomic E-state index is 11.9. The molecule has 0 saturated carbocycles. The highest BCUT2D eigenvalue weighted by Gasteiger charge is 2.29. The number of alkyl halides is 1. The van der Waals surface area contributed by atoms with Gasteiger partial charge in [0, 0.05) is 5.56 Å². The van der Waals surface area contributed by atoms with E-state index in [2.05, 4.69) is 6.92 Å². The molecule has 92 valence electrons. The minimum Gasteiger partial charge on any atom is -0.353 e. The van der Waals surface area contributed by atoms with Gasteiger partial charge in [0.1, 0.15) is 12.1 Å². The number of fused-ring (bicyclic) bond motifs is 1. The maximum atomic E-state index is 11.9. The van der Waals surface area contributed by atoms with Crippen molar-refractivity contribution in [1.29, 1.82) is 0 Å². The van der Waals surface area contributed by atoms with Crippen LogP contribution in [0.2, 0.25) is 0 Å². The molecule has 1 amide bonds. The van der Waals surface area contributed by atoms with Gasteiger partial charge in [-0.3, -0.25) is 9.69 Å². The fourth-order valence-corrected chi connectivity index (χ4v) is 2.34. The van der Waals surface area contributed by atoms with Gasteiger partial charge >= 0.3 is 0 Å². The Balaban J connectivity index is 2.52. The summed E-state index contributed by atoms with van der Waals surface area (Å²) in [7, 11) is 0. The molecule has 4 heteroatoms. The molecule has 0 fully saturated rings. The summed E-state index contributed by atoms with van der Waals surface area (Å²) in [6, 6.07) is 6.04. The Morgan fingerprint density at radius 3 is 3.00 bits per heavy atom. The van der Waals surface area contributed by atoms with Crippen molar-refractivity contribution in [2.45, 2.75) is 33.1 Å². The Kier molecular flexibility index (Phi) is 3.69. The van der Waals surface area contributed by atoms with Gasteiger partial charge in [0.25, 0.3) is 0 Å². The lowest BCUT2D eigenvalue weighted by molar-refractivity contribution is -0.119. The molecule has 0 aromatic heterocycles. The molecule has 1 aliphatic heterocycles. The average molecular weight is 254 g/mol. The molecule has 0 spiro atoms. The number of carbonyl (C=O) groups is 1. The quantitative estimate of drug-likeness (QED) is 0.759. The van der Waals surface area contributed by atoms with E-state index in [0.29, 0.717) is 6.61 Å². The van der Waals surface area contributed by atoms with Gasteiger partial charge in [-0.25, -0.2) is 0 Å². The third-order valence-corrected chi connectivity index (χ3v) is 3.28. The van der Waals surface area contributed by atoms with Crippen LogP contribution in [0.4, 0.5) is 5.69 Å². The summed E-state index contributed by atoms with van der Waals surface area (Å²) in [4.78, 5) is 13.6. The molecule has 17 heavy (non-hydrogen) atoms. The molecule has 1 unspecified atom stereocenters. The molecule has 1 heterocycles. The summed E-state index contributed by atoms with van der Waals surface area (Å²) in [5.74, 6) is -0.133. The Hall–Kier alpha value is -1.06. The molecule has 3 nitrogen and oxygen atoms in total. The number of carbonyl (C=O) groups excluding carboxylic acids is 1. The number of aryl methyl sites for hydroxylation is 1. The lowest BCUT2D eigenvalue weighted by Crippen LogP contribution is -2.44. The third kappa shape index (κ3) is 2.17. The van der Waals surface area contributed by atoms with Gasteiger partial charge in [0.15, 0.2) is 0 Å². The van der Waals surface area contributed by atoms with Crippen LogP contribution < -0.4 is 4.90 Å². The van der Waals surface area contributed by atoms with Gasteiger partial charge in [-0.2, -0.15) is 0 Å². The van der Waals surface area contributed by atoms with Crippen LogP contribution >= 0.6 is 11.6 Å². The summed E-state index contributed by atoms with van der Waals surface area (Å²) in [5, 5.41) is 0. The van der Waals surface area contributed by atoms with Crippen LogP contribution in [0, 0.1) is 0 Å². The van der Waals surface area contributed by atoms with Crippen LogP contribution in [0.3, 0.4) is 0 Å². The van der Waals surface area contributed by atoms with E-state index in [9.17, 15) is 4.79 Å². The van der Waals surface area contributed by atoms with Gasteiger partial charge in [-0.1, -0.05) is 25.1 Å². The molecule has 1 atom stereocenters. The Bertz CT molecular complexity index is 419. The largest absolute Gasteiger partial charge is 0.353 e. The van der Waals surface area contributed by atoms with E-state index in [4.69, 9.17) is 16.3 Å². The SMILES string of the molecule is CCc1cccc2c1N(C(=O)CCl)C(C)OC2. The molecule has 2 rings (SSSR count). The molecular weight excluding hydrogens is 238 g/mol. The van der Waals surface area contributed by atoms with Crippen molar-refractivity contribution in [1.82, 2.24) is 0 Å². The van der Waals surface area contributed by atoms with Crippen molar-refractivity contribution < 1.29 is 9.53 Å². The summed E-state index contributed by atoms with van der Waals surface area (Å²) in [6.45, 7) is 4.51. The monoisotopic (exact) mass is 253 g/mol. The third-order valence-electron chi connectivity index (χ3n) is 3.05. The topological polar surface area (TPSA) is 29.5 Å². The Morgan fingerprint density at radius 2 is 2.35 bits per heavy atom. The van der Waals surface area contributed by atoms with Crippen molar-refractivity contribution >= 4 is 23.2 Å². The molecule has 1 aromatic rings. The number of anilines is 1. The zero-order valence-electron chi connectivity index (χ0n) is 10.1. The van der Waals surface area contributed by atoms with Crippen LogP contribution in [0.1, 0.15) is 25.0 Å². The highest BCUT2D eigenvalue weighted by Crippen LogP contribution is 2.33. The number of hydrogen-bond acceptors (Lipinski definition) is 2. The van der Waals surface area contributed by atoms with Gasteiger partial charge < -0.3 is 4.74 Å². The van der Waals surface area contributed by atoms with Crippen molar-refractivity contribution in [3.05, 3.63) is 29.3 Å². The zero-order valence-corrected chi connectivity index (χ0v) is 10.8. The van der Waals surface area contributed by atoms with Crippen LogP contribution in [-0.2, 0) is 22.6 Å². The minimum atomic E-state index is -0.249. The number of ether oxygens (including phenoxy) is 1. The summed E-state index contributed by atoms with van der Waals surface area (Å²) in [6.07, 6.45) is 0.642. The van der Waals surface area contributed by atoms with E-state index in [0.717, 1.165) is 23.2 Å². The molecular formula is C13H16ClNO2. The zero-order chi connectivity index (χ0) is 12.4. The lowest BCUT2D eigenvalue weighted by Gasteiger charge is -2.36. The van der Waals surface area contributed by atoms with Crippen LogP contribution in [-0.4, -0.2) is 18.0 Å². The fraction of sp³-hybridized carbons (Fsp3) is 0.462. The van der Waals surface area contributed by atoms with Gasteiger partial charge in [-0.05, 0) is 18.9 Å². The molecule has 0 radical (unpaired) electrons. The standard InChI is InChI=1S/C13H16ClNO2/c1-3-10-5-4-6-11-8-17-9(2)15(13(10)11)12(16)7-14/h4-6,9H,3,7-8H2,1-2H3. The van der Waals surface area contributed by atoms with Crippen LogP contribution in [0.25, 0.3) is 0 Å². The molecule has 0 aliphatic carbocycles. The summed E-state index contributed by atoms with van der Waals surface area (Å²) in [5.41, 5.74) is 3.21. The first-order chi connectivity index (χ1) is 8.19. The predicted octanol–water partition coefficient (Wildman–Crippen LogP) is 2.70. The number of rotatable bonds is 2. The highest BCUT2D eigenvalue weighted by atomic mass is 35.5. The second kappa shape index (κ2) is 5.07. The van der Waals surface area contributed by atoms with Crippen molar-refractivity contribution in [3.63, 3.8) is 0 Å². The first kappa shape index (κ1) is 12.4. The first-order valence-corrected chi connectivity index (χ1v) is 6.32. The summed E-state index contributed by atoms with van der Waals surface area (Å²) >= 11 is 5.67. The molecule has 0 bridgehead atoms. The van der Waals surface area contributed by atoms with Crippen LogP contribution in [0.5, 0.6) is 0 Å². The van der Waals surface area contributed by atoms with Gasteiger partial charge in [-0.15, -0.1) is 11.6 Å². The fourth-order valence-electron chi connectivity index (χ4n) is 2.21. The number of amides is 1. The summed E-state index contributed by atoms with van der Waals surface area (Å²) < 4.78 is 5.59. The van der Waals surface area contributed by atoms with E-state index in [1.54, 1.807) is 4.90 Å². The normalized spacial score (nSPS) is 19.0. The van der Waals surface area contributed by atoms with E-state index >= 15 is 0 Å². The second-order valence-electron chi connectivity index (χ2n) is 4.09. The van der Waals surface area contributed by atoms with Crippen molar-refractivity contribution in [2.24, 2.45) is 0 Å². The average Bonchev–Trinajstić information content (AvgIpc) is 2.37. The van der Waals surface area contributed by atoms with Crippen molar-refractivity contribution in [3.8, 4) is 0 Å². The highest BCUT2D eigenvalue weighted by molar-refractivity contribution is 6.29. The number of nitrogens with zero attached hydrogens (tertiary/aromatic N) is 1. The molecule has 1 aromatic carbocycles. The van der Waals surface area contributed by atoms with Gasteiger partial charge in [0.05, 0.1) is 12.3 Å². The van der Waals surface area contributed by atoms with Gasteiger partial charge in [0.2, 0.25) is 5.91 Å². The Morgan fingerprint density at radius 1 is 1.59 bits per heavy atom. The number of benzene rings is 1. The molecule has 1 aliphatic rings. The second-order valence-corrected chi connectivity index (χ2v) is 4.35. The van der Waals surface area contributed by atoms with E-state index in [1.165, 1.54) is 0 Å². The van der Waals surface area contributed by atoms with E-state index in [-0.39, 0.29) is 18.0 Å². The van der Waals surface area contributed by atoms with E-state index in [1.807, 2.05) is 25.1 Å². The maximum Gasteiger partial charge on any atom is 0.244 e. The lowest BCUT2D eigenvalue weighted by atomic mass is 10.0. The number of para-hydroxylation sites is 1. The van der Waals surface area contributed by atoms with E-state index < -0.39 is 0 Å². The van der Waals surface area contributed by atoms with Crippen molar-refractivity contribution in [2.75, 3.05) is 10.8 Å². The number of halogens is 1. The molecule has 0 saturated heterocycles. The van der Waals surface area contributed by atoms with Crippen LogP contribution in [0.15, 0.2) is 18.2 Å². The molecule has 0 N–H and O–H groups in total.